The third-order valence-corrected chi connectivity index (χ3v) is 3.76. The van der Waals surface area contributed by atoms with Crippen molar-refractivity contribution in [1.29, 1.82) is 0 Å². The highest BCUT2D eigenvalue weighted by atomic mass is 16.6. The van der Waals surface area contributed by atoms with E-state index >= 15 is 0 Å². The molecule has 3 heterocycles. The van der Waals surface area contributed by atoms with Crippen LogP contribution >= 0.6 is 0 Å². The standard InChI is InChI=1S/C13H15N3O6/c1-5-2-8(18)14-11-6(5)3-16(13(21)15-11)12-10(20)9(19)7(4-17)22-12/h2-3,7,9-10,12,17,19-20H,4H2,1H3,(H,14,15,18,21)/t7-,9?,10?,12-/m1/s1. The Balaban J connectivity index is 2.14. The number of H-pyrrole nitrogens is 1. The number of nitrogens with one attached hydrogen (secondary N) is 1. The number of pyridine rings is 1. The molecule has 4 atom stereocenters. The van der Waals surface area contributed by atoms with Crippen LogP contribution in [0.2, 0.25) is 0 Å². The van der Waals surface area contributed by atoms with Gasteiger partial charge in [0.2, 0.25) is 5.56 Å². The maximum absolute atomic E-state index is 12.1. The van der Waals surface area contributed by atoms with Gasteiger partial charge in [-0.2, -0.15) is 4.98 Å². The van der Waals surface area contributed by atoms with E-state index in [0.717, 1.165) is 4.57 Å². The molecule has 2 aromatic rings. The molecule has 1 aliphatic heterocycles. The van der Waals surface area contributed by atoms with Crippen molar-refractivity contribution in [2.45, 2.75) is 31.5 Å². The van der Waals surface area contributed by atoms with Crippen molar-refractivity contribution in [2.24, 2.45) is 0 Å². The van der Waals surface area contributed by atoms with Crippen LogP contribution in [0.15, 0.2) is 21.9 Å². The Morgan fingerprint density at radius 1 is 1.36 bits per heavy atom. The van der Waals surface area contributed by atoms with E-state index in [4.69, 9.17) is 9.84 Å². The smallest absolute Gasteiger partial charge is 0.351 e. The lowest BCUT2D eigenvalue weighted by Crippen LogP contribution is -2.36. The van der Waals surface area contributed by atoms with E-state index in [0.29, 0.717) is 10.9 Å². The number of hydrogen-bond acceptors (Lipinski definition) is 7. The lowest BCUT2D eigenvalue weighted by atomic mass is 10.1. The maximum atomic E-state index is 12.1. The van der Waals surface area contributed by atoms with Gasteiger partial charge in [0.15, 0.2) is 6.23 Å². The Hall–Kier alpha value is -2.07. The summed E-state index contributed by atoms with van der Waals surface area (Å²) in [7, 11) is 0. The van der Waals surface area contributed by atoms with E-state index in [9.17, 15) is 19.8 Å². The van der Waals surface area contributed by atoms with Crippen LogP contribution in [0.25, 0.3) is 11.0 Å². The summed E-state index contributed by atoms with van der Waals surface area (Å²) in [5.74, 6) is 0. The van der Waals surface area contributed by atoms with Crippen molar-refractivity contribution < 1.29 is 20.1 Å². The zero-order valence-electron chi connectivity index (χ0n) is 11.6. The van der Waals surface area contributed by atoms with Crippen LogP contribution in [0.3, 0.4) is 0 Å². The lowest BCUT2D eigenvalue weighted by Gasteiger charge is -2.17. The molecule has 1 aliphatic rings. The first-order valence-corrected chi connectivity index (χ1v) is 6.67. The SMILES string of the molecule is Cc1cc(=O)[nH]c2nc(=O)n([C@@H]3O[C@H](CO)C(O)C3O)cc12. The minimum Gasteiger partial charge on any atom is -0.394 e. The number of rotatable bonds is 2. The molecule has 2 aromatic heterocycles. The van der Waals surface area contributed by atoms with Crippen molar-refractivity contribution >= 4 is 11.0 Å². The van der Waals surface area contributed by atoms with Crippen molar-refractivity contribution in [3.63, 3.8) is 0 Å². The van der Waals surface area contributed by atoms with Gasteiger partial charge in [-0.05, 0) is 12.5 Å². The highest BCUT2D eigenvalue weighted by Gasteiger charge is 2.43. The topological polar surface area (TPSA) is 138 Å². The van der Waals surface area contributed by atoms with E-state index in [1.54, 1.807) is 6.92 Å². The third kappa shape index (κ3) is 2.24. The Bertz CT molecular complexity index is 829. The monoisotopic (exact) mass is 309 g/mol. The molecule has 9 heteroatoms. The summed E-state index contributed by atoms with van der Waals surface area (Å²) in [6.07, 6.45) is -3.44. The molecule has 0 aliphatic carbocycles. The zero-order valence-corrected chi connectivity index (χ0v) is 11.6. The Morgan fingerprint density at radius 2 is 2.09 bits per heavy atom. The number of nitrogens with zero attached hydrogens (tertiary/aromatic N) is 2. The molecule has 1 fully saturated rings. The molecule has 0 aromatic carbocycles. The van der Waals surface area contributed by atoms with Crippen molar-refractivity contribution in [3.05, 3.63) is 38.7 Å². The second-order valence-corrected chi connectivity index (χ2v) is 5.24. The Labute approximate surface area is 123 Å². The predicted molar refractivity (Wildman–Crippen MR) is 74.4 cm³/mol. The van der Waals surface area contributed by atoms with E-state index in [-0.39, 0.29) is 11.2 Å². The summed E-state index contributed by atoms with van der Waals surface area (Å²) in [4.78, 5) is 29.7. The number of ether oxygens (including phenoxy) is 1. The number of aromatic nitrogens is 3. The average Bonchev–Trinajstić information content (AvgIpc) is 2.74. The van der Waals surface area contributed by atoms with Gasteiger partial charge in [-0.15, -0.1) is 0 Å². The molecule has 2 unspecified atom stereocenters. The maximum Gasteiger partial charge on any atom is 0.351 e. The highest BCUT2D eigenvalue weighted by molar-refractivity contribution is 5.76. The number of fused-ring (bicyclic) bond motifs is 1. The molecular formula is C13H15N3O6. The number of aromatic amines is 1. The molecule has 0 saturated carbocycles. The fourth-order valence-corrected chi connectivity index (χ4v) is 2.57. The zero-order chi connectivity index (χ0) is 16.0. The normalized spacial score (nSPS) is 28.4. The Morgan fingerprint density at radius 3 is 2.73 bits per heavy atom. The predicted octanol–water partition coefficient (Wildman–Crippen LogP) is -2.00. The molecule has 0 amide bonds. The summed E-state index contributed by atoms with van der Waals surface area (Å²) in [6.45, 7) is 1.20. The van der Waals surface area contributed by atoms with Crippen LogP contribution in [-0.2, 0) is 4.74 Å². The first-order valence-electron chi connectivity index (χ1n) is 6.67. The molecule has 3 rings (SSSR count). The van der Waals surface area contributed by atoms with Gasteiger partial charge in [-0.1, -0.05) is 0 Å². The van der Waals surface area contributed by atoms with E-state index in [1.165, 1.54) is 12.3 Å². The number of aryl methyl sites for hydroxylation is 1. The van der Waals surface area contributed by atoms with Gasteiger partial charge in [0.25, 0.3) is 0 Å². The number of aliphatic hydroxyl groups excluding tert-OH is 3. The lowest BCUT2D eigenvalue weighted by molar-refractivity contribution is -0.0547. The van der Waals surface area contributed by atoms with E-state index in [1.807, 2.05) is 0 Å². The highest BCUT2D eigenvalue weighted by Crippen LogP contribution is 2.28. The first-order chi connectivity index (χ1) is 10.4. The number of aliphatic hydroxyl groups is 3. The van der Waals surface area contributed by atoms with Crippen LogP contribution in [0.5, 0.6) is 0 Å². The summed E-state index contributed by atoms with van der Waals surface area (Å²) in [5.41, 5.74) is -0.379. The van der Waals surface area contributed by atoms with Crippen LogP contribution in [-0.4, -0.2) is 54.8 Å². The molecule has 0 radical (unpaired) electrons. The van der Waals surface area contributed by atoms with Gasteiger partial charge < -0.3 is 25.0 Å². The van der Waals surface area contributed by atoms with Gasteiger partial charge in [0, 0.05) is 17.6 Å². The number of hydrogen-bond donors (Lipinski definition) is 4. The molecule has 4 N–H and O–H groups in total. The molecule has 118 valence electrons. The minimum atomic E-state index is -1.38. The van der Waals surface area contributed by atoms with E-state index in [2.05, 4.69) is 9.97 Å². The van der Waals surface area contributed by atoms with Gasteiger partial charge >= 0.3 is 5.69 Å². The van der Waals surface area contributed by atoms with Crippen LogP contribution in [0, 0.1) is 6.92 Å². The molecule has 0 spiro atoms. The summed E-state index contributed by atoms with van der Waals surface area (Å²) < 4.78 is 6.35. The van der Waals surface area contributed by atoms with Crippen molar-refractivity contribution in [1.82, 2.24) is 14.5 Å². The molecule has 1 saturated heterocycles. The van der Waals surface area contributed by atoms with Crippen molar-refractivity contribution in [3.8, 4) is 0 Å². The second-order valence-electron chi connectivity index (χ2n) is 5.24. The second kappa shape index (κ2) is 5.29. The van der Waals surface area contributed by atoms with Gasteiger partial charge in [0.05, 0.1) is 6.61 Å². The van der Waals surface area contributed by atoms with Gasteiger partial charge in [0.1, 0.15) is 24.0 Å². The van der Waals surface area contributed by atoms with Crippen LogP contribution in [0.1, 0.15) is 11.8 Å². The van der Waals surface area contributed by atoms with Gasteiger partial charge in [-0.25, -0.2) is 4.79 Å². The molecular weight excluding hydrogens is 294 g/mol. The quantitative estimate of drug-likeness (QED) is 0.503. The fraction of sp³-hybridized carbons (Fsp3) is 0.462. The summed E-state index contributed by atoms with van der Waals surface area (Å²) in [6, 6.07) is 1.36. The summed E-state index contributed by atoms with van der Waals surface area (Å²) in [5, 5.41) is 29.4. The first kappa shape index (κ1) is 14.9. The average molecular weight is 309 g/mol. The van der Waals surface area contributed by atoms with Crippen molar-refractivity contribution in [2.75, 3.05) is 6.61 Å². The van der Waals surface area contributed by atoms with Crippen LogP contribution in [0.4, 0.5) is 0 Å². The molecule has 0 bridgehead atoms. The van der Waals surface area contributed by atoms with Crippen LogP contribution < -0.4 is 11.2 Å². The van der Waals surface area contributed by atoms with E-state index < -0.39 is 36.8 Å². The molecule has 22 heavy (non-hydrogen) atoms. The Kier molecular flexibility index (Phi) is 3.57. The van der Waals surface area contributed by atoms with Gasteiger partial charge in [-0.3, -0.25) is 9.36 Å². The third-order valence-electron chi connectivity index (χ3n) is 3.76. The minimum absolute atomic E-state index is 0.137. The fourth-order valence-electron chi connectivity index (χ4n) is 2.57. The molecule has 9 nitrogen and oxygen atoms in total. The largest absolute Gasteiger partial charge is 0.394 e. The summed E-state index contributed by atoms with van der Waals surface area (Å²) >= 11 is 0.